The summed E-state index contributed by atoms with van der Waals surface area (Å²) in [6.45, 7) is 0.296. The third kappa shape index (κ3) is 7.45. The molecule has 3 N–H and O–H groups in total. The van der Waals surface area contributed by atoms with Crippen LogP contribution in [0.2, 0.25) is 0 Å². The zero-order valence-corrected chi connectivity index (χ0v) is 20.5. The number of rotatable bonds is 10. The predicted molar refractivity (Wildman–Crippen MR) is 128 cm³/mol. The van der Waals surface area contributed by atoms with Crippen molar-refractivity contribution in [1.29, 1.82) is 5.26 Å². The van der Waals surface area contributed by atoms with Crippen molar-refractivity contribution in [1.82, 2.24) is 10.2 Å². The van der Waals surface area contributed by atoms with E-state index in [1.54, 1.807) is 30.3 Å². The summed E-state index contributed by atoms with van der Waals surface area (Å²) in [7, 11) is -1.62. The Morgan fingerprint density at radius 3 is 2.63 bits per heavy atom. The van der Waals surface area contributed by atoms with E-state index in [2.05, 4.69) is 5.32 Å². The van der Waals surface area contributed by atoms with Crippen molar-refractivity contribution >= 4 is 37.0 Å². The van der Waals surface area contributed by atoms with E-state index in [0.717, 1.165) is 12.8 Å². The summed E-state index contributed by atoms with van der Waals surface area (Å²) in [5, 5.41) is 30.3. The molecule has 2 aliphatic rings. The van der Waals surface area contributed by atoms with Crippen molar-refractivity contribution in [2.45, 2.75) is 62.5 Å². The predicted octanol–water partition coefficient (Wildman–Crippen LogP) is 0.908. The number of piperidine rings is 1. The van der Waals surface area contributed by atoms with Gasteiger partial charge in [0.15, 0.2) is 5.60 Å². The Morgan fingerprint density at radius 1 is 1.24 bits per heavy atom. The van der Waals surface area contributed by atoms with Crippen LogP contribution in [0.1, 0.15) is 44.1 Å². The number of nitriles is 1. The SMILES string of the molecule is N#CCC(=O)N1CCCCC1COC(=O)NC(Cc1ccccc1)B1OC(=O)CC(CC(=O)O)(C(=O)O)O1. The number of hydrogen-bond donors (Lipinski definition) is 3. The molecule has 2 heterocycles. The van der Waals surface area contributed by atoms with Crippen molar-refractivity contribution in [2.24, 2.45) is 0 Å². The van der Waals surface area contributed by atoms with Crippen LogP contribution in [0.5, 0.6) is 0 Å². The van der Waals surface area contributed by atoms with Gasteiger partial charge < -0.3 is 34.5 Å². The van der Waals surface area contributed by atoms with Crippen LogP contribution < -0.4 is 5.32 Å². The van der Waals surface area contributed by atoms with Gasteiger partial charge >= 0.3 is 25.2 Å². The summed E-state index contributed by atoms with van der Waals surface area (Å²) in [4.78, 5) is 62.2. The first-order valence-corrected chi connectivity index (χ1v) is 12.1. The maximum absolute atomic E-state index is 12.8. The number of carboxylic acids is 2. The lowest BCUT2D eigenvalue weighted by atomic mass is 9.71. The fourth-order valence-electron chi connectivity index (χ4n) is 4.53. The fourth-order valence-corrected chi connectivity index (χ4v) is 4.53. The van der Waals surface area contributed by atoms with E-state index in [0.29, 0.717) is 18.5 Å². The summed E-state index contributed by atoms with van der Waals surface area (Å²) < 4.78 is 16.1. The van der Waals surface area contributed by atoms with Crippen LogP contribution in [-0.4, -0.2) is 82.9 Å². The molecule has 2 fully saturated rings. The van der Waals surface area contributed by atoms with Crippen LogP contribution in [0, 0.1) is 11.3 Å². The molecule has 0 saturated carbocycles. The number of nitrogens with one attached hydrogen (secondary N) is 1. The molecule has 13 nitrogen and oxygen atoms in total. The van der Waals surface area contributed by atoms with E-state index in [4.69, 9.17) is 19.3 Å². The van der Waals surface area contributed by atoms with Gasteiger partial charge in [0.05, 0.1) is 30.9 Å². The molecule has 0 aromatic heterocycles. The number of benzene rings is 1. The molecule has 2 aliphatic heterocycles. The standard InChI is InChI=1S/C24H28BN3O10/c26-10-9-19(29)28-11-5-4-8-17(28)15-36-23(35)27-18(12-16-6-2-1-3-7-16)25-37-21(32)14-24(38-25,22(33)34)13-20(30)31/h1-3,6-7,17-18H,4-5,8-9,11-15H2,(H,27,35)(H,30,31)(H,33,34). The maximum Gasteiger partial charge on any atom is 0.552 e. The molecule has 3 unspecified atom stereocenters. The van der Waals surface area contributed by atoms with Crippen LogP contribution in [0.4, 0.5) is 4.79 Å². The van der Waals surface area contributed by atoms with Gasteiger partial charge in [-0.1, -0.05) is 30.3 Å². The Labute approximate surface area is 218 Å². The lowest BCUT2D eigenvalue weighted by Crippen LogP contribution is -2.61. The van der Waals surface area contributed by atoms with Crippen LogP contribution in [0.15, 0.2) is 30.3 Å². The molecule has 2 saturated heterocycles. The molecular formula is C24H28BN3O10. The summed E-state index contributed by atoms with van der Waals surface area (Å²) in [6.07, 6.45) is -0.834. The van der Waals surface area contributed by atoms with Gasteiger partial charge in [0.25, 0.3) is 5.97 Å². The van der Waals surface area contributed by atoms with E-state index < -0.39 is 61.5 Å². The van der Waals surface area contributed by atoms with Gasteiger partial charge in [-0.25, -0.2) is 9.59 Å². The molecule has 1 aromatic carbocycles. The van der Waals surface area contributed by atoms with Gasteiger partial charge in [0, 0.05) is 6.54 Å². The lowest BCUT2D eigenvalue weighted by Gasteiger charge is -2.37. The molecule has 202 valence electrons. The lowest BCUT2D eigenvalue weighted by molar-refractivity contribution is -0.175. The molecular weight excluding hydrogens is 501 g/mol. The van der Waals surface area contributed by atoms with Gasteiger partial charge in [-0.15, -0.1) is 0 Å². The maximum atomic E-state index is 12.8. The number of aliphatic carboxylic acids is 2. The summed E-state index contributed by atoms with van der Waals surface area (Å²) in [5.74, 6) is -5.62. The first-order valence-electron chi connectivity index (χ1n) is 12.1. The molecule has 38 heavy (non-hydrogen) atoms. The van der Waals surface area contributed by atoms with Gasteiger partial charge in [-0.3, -0.25) is 14.4 Å². The van der Waals surface area contributed by atoms with Crippen molar-refractivity contribution in [3.8, 4) is 6.07 Å². The molecule has 2 amide bonds. The number of nitrogens with zero attached hydrogens (tertiary/aromatic N) is 2. The average Bonchev–Trinajstić information content (AvgIpc) is 2.87. The monoisotopic (exact) mass is 529 g/mol. The molecule has 0 radical (unpaired) electrons. The molecule has 1 aromatic rings. The number of carbonyl (C=O) groups excluding carboxylic acids is 3. The zero-order valence-electron chi connectivity index (χ0n) is 20.5. The minimum absolute atomic E-state index is 0.0346. The third-order valence-corrected chi connectivity index (χ3v) is 6.36. The van der Waals surface area contributed by atoms with Crippen molar-refractivity contribution in [2.75, 3.05) is 13.2 Å². The average molecular weight is 529 g/mol. The first-order chi connectivity index (χ1) is 18.1. The second-order valence-corrected chi connectivity index (χ2v) is 9.13. The third-order valence-electron chi connectivity index (χ3n) is 6.36. The Morgan fingerprint density at radius 2 is 1.97 bits per heavy atom. The van der Waals surface area contributed by atoms with E-state index >= 15 is 0 Å². The van der Waals surface area contributed by atoms with Crippen LogP contribution in [0.25, 0.3) is 0 Å². The van der Waals surface area contributed by atoms with Crippen molar-refractivity contribution < 1.29 is 48.2 Å². The van der Waals surface area contributed by atoms with Crippen molar-refractivity contribution in [3.05, 3.63) is 35.9 Å². The largest absolute Gasteiger partial charge is 0.552 e. The second kappa shape index (κ2) is 12.9. The quantitative estimate of drug-likeness (QED) is 0.365. The van der Waals surface area contributed by atoms with Gasteiger partial charge in [0.1, 0.15) is 13.0 Å². The number of amides is 2. The molecule has 14 heteroatoms. The van der Waals surface area contributed by atoms with E-state index in [-0.39, 0.29) is 25.4 Å². The number of hydrogen-bond acceptors (Lipinski definition) is 9. The van der Waals surface area contributed by atoms with Crippen LogP contribution in [-0.2, 0) is 39.6 Å². The Kier molecular flexibility index (Phi) is 9.67. The van der Waals surface area contributed by atoms with E-state index in [1.165, 1.54) is 4.90 Å². The van der Waals surface area contributed by atoms with Crippen molar-refractivity contribution in [3.63, 3.8) is 0 Å². The molecule has 3 rings (SSSR count). The number of alkyl carbamates (subject to hydrolysis) is 1. The van der Waals surface area contributed by atoms with Gasteiger partial charge in [0.2, 0.25) is 5.91 Å². The van der Waals surface area contributed by atoms with Gasteiger partial charge in [-0.05, 0) is 31.2 Å². The molecule has 3 atom stereocenters. The zero-order chi connectivity index (χ0) is 27.7. The van der Waals surface area contributed by atoms with E-state index in [1.807, 2.05) is 6.07 Å². The molecule has 0 spiro atoms. The second-order valence-electron chi connectivity index (χ2n) is 9.13. The summed E-state index contributed by atoms with van der Waals surface area (Å²) in [6, 6.07) is 10.1. The van der Waals surface area contributed by atoms with E-state index in [9.17, 15) is 34.2 Å². The number of ether oxygens (including phenoxy) is 1. The normalized spacial score (nSPS) is 22.0. The highest BCUT2D eigenvalue weighted by molar-refractivity contribution is 6.50. The van der Waals surface area contributed by atoms with Gasteiger partial charge in [-0.2, -0.15) is 5.26 Å². The Balaban J connectivity index is 1.75. The minimum Gasteiger partial charge on any atom is -0.508 e. The minimum atomic E-state index is -2.38. The highest BCUT2D eigenvalue weighted by atomic mass is 16.7. The smallest absolute Gasteiger partial charge is 0.508 e. The highest BCUT2D eigenvalue weighted by Crippen LogP contribution is 2.29. The first kappa shape index (κ1) is 28.5. The van der Waals surface area contributed by atoms with Crippen LogP contribution >= 0.6 is 0 Å². The number of carbonyl (C=O) groups is 5. The van der Waals surface area contributed by atoms with Crippen LogP contribution in [0.3, 0.4) is 0 Å². The number of carboxylic acid groups (broad SMARTS) is 2. The fraction of sp³-hybridized carbons (Fsp3) is 0.500. The Hall–Kier alpha value is -4.12. The summed E-state index contributed by atoms with van der Waals surface area (Å²) in [5.41, 5.74) is -1.70. The molecule has 0 bridgehead atoms. The summed E-state index contributed by atoms with van der Waals surface area (Å²) >= 11 is 0. The number of likely N-dealkylation sites (tertiary alicyclic amines) is 1. The Bertz CT molecular complexity index is 1090. The molecule has 0 aliphatic carbocycles. The topological polar surface area (TPSA) is 193 Å². The highest BCUT2D eigenvalue weighted by Gasteiger charge is 2.54.